The van der Waals surface area contributed by atoms with E-state index in [0.29, 0.717) is 26.2 Å². The summed E-state index contributed by atoms with van der Waals surface area (Å²) in [6.45, 7) is 4.20. The zero-order chi connectivity index (χ0) is 14.0. The maximum atomic E-state index is 11.5. The van der Waals surface area contributed by atoms with Gasteiger partial charge in [0.2, 0.25) is 10.0 Å². The lowest BCUT2D eigenvalue weighted by atomic mass is 10.1. The number of rotatable bonds is 3. The summed E-state index contributed by atoms with van der Waals surface area (Å²) in [7, 11) is -3.10. The lowest BCUT2D eigenvalue weighted by Crippen LogP contribution is -2.49. The molecule has 1 aliphatic rings. The van der Waals surface area contributed by atoms with Crippen LogP contribution in [0.15, 0.2) is 18.3 Å². The molecule has 19 heavy (non-hydrogen) atoms. The minimum Gasteiger partial charge on any atom is -0.354 e. The Morgan fingerprint density at radius 2 is 1.95 bits per heavy atom. The van der Waals surface area contributed by atoms with E-state index in [0.717, 1.165) is 11.4 Å². The lowest BCUT2D eigenvalue weighted by molar-refractivity contribution is 0.386. The Labute approximate surface area is 114 Å². The maximum absolute atomic E-state index is 11.5. The predicted molar refractivity (Wildman–Crippen MR) is 75.5 cm³/mol. The van der Waals surface area contributed by atoms with E-state index in [1.54, 1.807) is 6.20 Å². The lowest BCUT2D eigenvalue weighted by Gasteiger charge is -2.35. The average Bonchev–Trinajstić information content (AvgIpc) is 2.38. The SMILES string of the molecule is C[C@@H](N)c1cccnc1N1CCN(S(C)(=O)=O)CC1. The Hall–Kier alpha value is -1.18. The van der Waals surface area contributed by atoms with Crippen molar-refractivity contribution in [3.63, 3.8) is 0 Å². The molecule has 2 rings (SSSR count). The number of pyridine rings is 1. The second-order valence-corrected chi connectivity index (χ2v) is 6.84. The zero-order valence-corrected chi connectivity index (χ0v) is 12.1. The van der Waals surface area contributed by atoms with Crippen molar-refractivity contribution in [2.24, 2.45) is 5.73 Å². The third-order valence-electron chi connectivity index (χ3n) is 3.31. The Balaban J connectivity index is 2.14. The van der Waals surface area contributed by atoms with Gasteiger partial charge in [-0.2, -0.15) is 4.31 Å². The number of aromatic nitrogens is 1. The topological polar surface area (TPSA) is 79.5 Å². The van der Waals surface area contributed by atoms with Crippen LogP contribution in [-0.4, -0.2) is 50.1 Å². The van der Waals surface area contributed by atoms with Gasteiger partial charge in [-0.3, -0.25) is 0 Å². The fourth-order valence-electron chi connectivity index (χ4n) is 2.26. The van der Waals surface area contributed by atoms with E-state index in [1.165, 1.54) is 10.6 Å². The van der Waals surface area contributed by atoms with Crippen molar-refractivity contribution in [3.05, 3.63) is 23.9 Å². The molecule has 1 aromatic heterocycles. The molecule has 1 atom stereocenters. The summed E-state index contributed by atoms with van der Waals surface area (Å²) in [5.41, 5.74) is 6.94. The fourth-order valence-corrected chi connectivity index (χ4v) is 3.09. The molecule has 0 spiro atoms. The molecule has 0 aliphatic carbocycles. The number of hydrogen-bond donors (Lipinski definition) is 1. The van der Waals surface area contributed by atoms with Crippen LogP contribution in [0.1, 0.15) is 18.5 Å². The van der Waals surface area contributed by atoms with Crippen molar-refractivity contribution < 1.29 is 8.42 Å². The summed E-state index contributed by atoms with van der Waals surface area (Å²) in [4.78, 5) is 6.49. The van der Waals surface area contributed by atoms with E-state index in [-0.39, 0.29) is 6.04 Å². The molecule has 106 valence electrons. The summed E-state index contributed by atoms with van der Waals surface area (Å²) in [5.74, 6) is 0.866. The molecule has 2 heterocycles. The van der Waals surface area contributed by atoms with Crippen molar-refractivity contribution in [1.29, 1.82) is 0 Å². The molecule has 7 heteroatoms. The van der Waals surface area contributed by atoms with Crippen LogP contribution in [0.4, 0.5) is 5.82 Å². The van der Waals surface area contributed by atoms with Gasteiger partial charge in [-0.25, -0.2) is 13.4 Å². The van der Waals surface area contributed by atoms with Gasteiger partial charge in [0.05, 0.1) is 6.26 Å². The van der Waals surface area contributed by atoms with Gasteiger partial charge in [-0.15, -0.1) is 0 Å². The van der Waals surface area contributed by atoms with Gasteiger partial charge in [0, 0.05) is 44.0 Å². The van der Waals surface area contributed by atoms with Crippen LogP contribution in [0.2, 0.25) is 0 Å². The van der Waals surface area contributed by atoms with E-state index in [9.17, 15) is 8.42 Å². The standard InChI is InChI=1S/C12H20N4O2S/c1-10(13)11-4-3-5-14-12(11)15-6-8-16(9-7-15)19(2,17)18/h3-5,10H,6-9,13H2,1-2H3/t10-/m1/s1. The van der Waals surface area contributed by atoms with Crippen molar-refractivity contribution in [2.45, 2.75) is 13.0 Å². The van der Waals surface area contributed by atoms with E-state index < -0.39 is 10.0 Å². The van der Waals surface area contributed by atoms with Crippen LogP contribution in [0.25, 0.3) is 0 Å². The molecule has 6 nitrogen and oxygen atoms in total. The molecule has 0 radical (unpaired) electrons. The quantitative estimate of drug-likeness (QED) is 0.856. The highest BCUT2D eigenvalue weighted by Crippen LogP contribution is 2.23. The van der Waals surface area contributed by atoms with Gasteiger partial charge in [0.25, 0.3) is 0 Å². The van der Waals surface area contributed by atoms with Gasteiger partial charge in [-0.05, 0) is 13.0 Å². The van der Waals surface area contributed by atoms with Crippen LogP contribution in [-0.2, 0) is 10.0 Å². The minimum atomic E-state index is -3.10. The van der Waals surface area contributed by atoms with E-state index in [2.05, 4.69) is 9.88 Å². The maximum Gasteiger partial charge on any atom is 0.211 e. The summed E-state index contributed by atoms with van der Waals surface area (Å²) >= 11 is 0. The molecule has 0 unspecified atom stereocenters. The van der Waals surface area contributed by atoms with Crippen LogP contribution < -0.4 is 10.6 Å². The monoisotopic (exact) mass is 284 g/mol. The first-order valence-electron chi connectivity index (χ1n) is 6.30. The van der Waals surface area contributed by atoms with Crippen LogP contribution in [0.3, 0.4) is 0 Å². The highest BCUT2D eigenvalue weighted by Gasteiger charge is 2.25. The summed E-state index contributed by atoms with van der Waals surface area (Å²) < 4.78 is 24.5. The first-order valence-corrected chi connectivity index (χ1v) is 8.15. The summed E-state index contributed by atoms with van der Waals surface area (Å²) in [6, 6.07) is 3.75. The number of hydrogen-bond acceptors (Lipinski definition) is 5. The Kier molecular flexibility index (Phi) is 4.07. The van der Waals surface area contributed by atoms with Crippen molar-refractivity contribution in [1.82, 2.24) is 9.29 Å². The Morgan fingerprint density at radius 3 is 2.47 bits per heavy atom. The average molecular weight is 284 g/mol. The summed E-state index contributed by atoms with van der Waals surface area (Å²) in [5, 5.41) is 0. The van der Waals surface area contributed by atoms with Gasteiger partial charge >= 0.3 is 0 Å². The van der Waals surface area contributed by atoms with Crippen molar-refractivity contribution in [3.8, 4) is 0 Å². The number of nitrogens with zero attached hydrogens (tertiary/aromatic N) is 3. The first kappa shape index (κ1) is 14.2. The molecule has 1 saturated heterocycles. The first-order chi connectivity index (χ1) is 8.89. The smallest absolute Gasteiger partial charge is 0.211 e. The number of sulfonamides is 1. The van der Waals surface area contributed by atoms with Gasteiger partial charge < -0.3 is 10.6 Å². The van der Waals surface area contributed by atoms with Gasteiger partial charge in [-0.1, -0.05) is 6.07 Å². The van der Waals surface area contributed by atoms with E-state index in [1.807, 2.05) is 19.1 Å². The highest BCUT2D eigenvalue weighted by molar-refractivity contribution is 7.88. The van der Waals surface area contributed by atoms with Gasteiger partial charge in [0.15, 0.2) is 0 Å². The number of anilines is 1. The second kappa shape index (κ2) is 5.44. The molecule has 0 amide bonds. The van der Waals surface area contributed by atoms with Crippen molar-refractivity contribution >= 4 is 15.8 Å². The molecule has 2 N–H and O–H groups in total. The van der Waals surface area contributed by atoms with E-state index in [4.69, 9.17) is 5.73 Å². The third kappa shape index (κ3) is 3.23. The largest absolute Gasteiger partial charge is 0.354 e. The molecular formula is C12H20N4O2S. The Bertz CT molecular complexity index is 536. The summed E-state index contributed by atoms with van der Waals surface area (Å²) in [6.07, 6.45) is 2.99. The van der Waals surface area contributed by atoms with Crippen LogP contribution in [0, 0.1) is 0 Å². The zero-order valence-electron chi connectivity index (χ0n) is 11.3. The third-order valence-corrected chi connectivity index (χ3v) is 4.62. The minimum absolute atomic E-state index is 0.0864. The molecule has 0 bridgehead atoms. The number of piperazine rings is 1. The van der Waals surface area contributed by atoms with E-state index >= 15 is 0 Å². The highest BCUT2D eigenvalue weighted by atomic mass is 32.2. The second-order valence-electron chi connectivity index (χ2n) is 4.85. The Morgan fingerprint density at radius 1 is 1.32 bits per heavy atom. The van der Waals surface area contributed by atoms with Crippen molar-refractivity contribution in [2.75, 3.05) is 37.3 Å². The predicted octanol–water partition coefficient (Wildman–Crippen LogP) is 0.183. The molecular weight excluding hydrogens is 264 g/mol. The normalized spacial score (nSPS) is 19.4. The molecule has 1 aliphatic heterocycles. The molecule has 1 aromatic rings. The molecule has 1 fully saturated rings. The van der Waals surface area contributed by atoms with Crippen LogP contribution in [0.5, 0.6) is 0 Å². The fraction of sp³-hybridized carbons (Fsp3) is 0.583. The van der Waals surface area contributed by atoms with Crippen LogP contribution >= 0.6 is 0 Å². The molecule has 0 saturated carbocycles. The molecule has 0 aromatic carbocycles. The number of nitrogens with two attached hydrogens (primary N) is 1. The van der Waals surface area contributed by atoms with Gasteiger partial charge in [0.1, 0.15) is 5.82 Å².